The summed E-state index contributed by atoms with van der Waals surface area (Å²) in [6.45, 7) is 2.59. The monoisotopic (exact) mass is 306 g/mol. The predicted octanol–water partition coefficient (Wildman–Crippen LogP) is 3.24. The lowest BCUT2D eigenvalue weighted by atomic mass is 10.1. The standard InChI is InChI=1S/C18H15FN4/c1-13-4-2-3-5-15(13)12-23-18(17(11-20)21-22-23)10-14-6-8-16(19)9-7-14/h2-9H,10,12H2,1H3. The van der Waals surface area contributed by atoms with Crippen LogP contribution in [-0.4, -0.2) is 15.0 Å². The molecule has 0 N–H and O–H groups in total. The van der Waals surface area contributed by atoms with E-state index in [1.807, 2.05) is 31.2 Å². The molecule has 114 valence electrons. The first-order valence-electron chi connectivity index (χ1n) is 7.29. The van der Waals surface area contributed by atoms with Crippen molar-refractivity contribution in [2.24, 2.45) is 0 Å². The Kier molecular flexibility index (Phi) is 4.15. The number of nitrogens with zero attached hydrogens (tertiary/aromatic N) is 4. The van der Waals surface area contributed by atoms with E-state index in [0.717, 1.165) is 22.4 Å². The molecule has 0 amide bonds. The molecule has 23 heavy (non-hydrogen) atoms. The normalized spacial score (nSPS) is 10.5. The molecule has 0 saturated carbocycles. The molecule has 1 aromatic heterocycles. The van der Waals surface area contributed by atoms with E-state index in [-0.39, 0.29) is 5.82 Å². The van der Waals surface area contributed by atoms with Gasteiger partial charge in [0.2, 0.25) is 0 Å². The smallest absolute Gasteiger partial charge is 0.186 e. The molecule has 2 aromatic carbocycles. The summed E-state index contributed by atoms with van der Waals surface area (Å²) in [6, 6.07) is 16.4. The van der Waals surface area contributed by atoms with Crippen LogP contribution in [0.3, 0.4) is 0 Å². The number of nitriles is 1. The van der Waals surface area contributed by atoms with Gasteiger partial charge in [-0.1, -0.05) is 41.6 Å². The van der Waals surface area contributed by atoms with E-state index in [1.165, 1.54) is 12.1 Å². The number of hydrogen-bond donors (Lipinski definition) is 0. The first-order chi connectivity index (χ1) is 11.2. The molecule has 3 rings (SSSR count). The highest BCUT2D eigenvalue weighted by atomic mass is 19.1. The Bertz CT molecular complexity index is 859. The number of rotatable bonds is 4. The Morgan fingerprint density at radius 2 is 1.87 bits per heavy atom. The van der Waals surface area contributed by atoms with Crippen molar-refractivity contribution in [3.63, 3.8) is 0 Å². The maximum Gasteiger partial charge on any atom is 0.186 e. The fourth-order valence-electron chi connectivity index (χ4n) is 2.47. The van der Waals surface area contributed by atoms with Gasteiger partial charge in [0.1, 0.15) is 11.9 Å². The lowest BCUT2D eigenvalue weighted by Gasteiger charge is -2.09. The highest BCUT2D eigenvalue weighted by molar-refractivity contribution is 5.32. The Morgan fingerprint density at radius 3 is 2.57 bits per heavy atom. The topological polar surface area (TPSA) is 54.5 Å². The van der Waals surface area contributed by atoms with Crippen molar-refractivity contribution in [1.82, 2.24) is 15.0 Å². The van der Waals surface area contributed by atoms with Crippen LogP contribution >= 0.6 is 0 Å². The van der Waals surface area contributed by atoms with Crippen LogP contribution in [0, 0.1) is 24.1 Å². The summed E-state index contributed by atoms with van der Waals surface area (Å²) in [7, 11) is 0. The minimum atomic E-state index is -0.277. The molecule has 0 atom stereocenters. The zero-order valence-corrected chi connectivity index (χ0v) is 12.7. The molecule has 0 bridgehead atoms. The average Bonchev–Trinajstić information content (AvgIpc) is 2.93. The van der Waals surface area contributed by atoms with E-state index in [2.05, 4.69) is 16.4 Å². The first kappa shape index (κ1) is 14.9. The maximum atomic E-state index is 13.0. The number of aromatic nitrogens is 3. The average molecular weight is 306 g/mol. The van der Waals surface area contributed by atoms with Crippen LogP contribution in [0.1, 0.15) is 28.1 Å². The van der Waals surface area contributed by atoms with Crippen molar-refractivity contribution in [2.45, 2.75) is 19.9 Å². The highest BCUT2D eigenvalue weighted by Crippen LogP contribution is 2.16. The lowest BCUT2D eigenvalue weighted by molar-refractivity contribution is 0.620. The molecule has 0 unspecified atom stereocenters. The van der Waals surface area contributed by atoms with E-state index in [1.54, 1.807) is 16.8 Å². The molecular formula is C18H15FN4. The summed E-state index contributed by atoms with van der Waals surface area (Å²) in [5, 5.41) is 17.3. The molecule has 4 nitrogen and oxygen atoms in total. The Hall–Kier alpha value is -3.00. The van der Waals surface area contributed by atoms with E-state index in [4.69, 9.17) is 0 Å². The van der Waals surface area contributed by atoms with Crippen molar-refractivity contribution in [1.29, 1.82) is 5.26 Å². The fraction of sp³-hybridized carbons (Fsp3) is 0.167. The van der Waals surface area contributed by atoms with Gasteiger partial charge in [-0.05, 0) is 35.7 Å². The summed E-state index contributed by atoms with van der Waals surface area (Å²) in [5.41, 5.74) is 4.25. The van der Waals surface area contributed by atoms with Gasteiger partial charge in [0.25, 0.3) is 0 Å². The van der Waals surface area contributed by atoms with Gasteiger partial charge >= 0.3 is 0 Å². The van der Waals surface area contributed by atoms with Gasteiger partial charge in [-0.25, -0.2) is 9.07 Å². The van der Waals surface area contributed by atoms with Crippen LogP contribution in [0.2, 0.25) is 0 Å². The van der Waals surface area contributed by atoms with Gasteiger partial charge in [0, 0.05) is 6.42 Å². The molecule has 0 aliphatic carbocycles. The van der Waals surface area contributed by atoms with Crippen molar-refractivity contribution in [3.05, 3.63) is 82.4 Å². The van der Waals surface area contributed by atoms with Gasteiger partial charge in [-0.2, -0.15) is 5.26 Å². The van der Waals surface area contributed by atoms with Crippen LogP contribution < -0.4 is 0 Å². The molecule has 0 spiro atoms. The van der Waals surface area contributed by atoms with Gasteiger partial charge in [0.05, 0.1) is 12.2 Å². The zero-order chi connectivity index (χ0) is 16.2. The third kappa shape index (κ3) is 3.27. The van der Waals surface area contributed by atoms with E-state index in [9.17, 15) is 9.65 Å². The molecule has 0 aliphatic rings. The van der Waals surface area contributed by atoms with Gasteiger partial charge < -0.3 is 0 Å². The molecule has 3 aromatic rings. The summed E-state index contributed by atoms with van der Waals surface area (Å²) >= 11 is 0. The van der Waals surface area contributed by atoms with Gasteiger partial charge in [-0.3, -0.25) is 0 Å². The highest BCUT2D eigenvalue weighted by Gasteiger charge is 2.14. The largest absolute Gasteiger partial charge is 0.243 e. The molecule has 5 heteroatoms. The quantitative estimate of drug-likeness (QED) is 0.743. The van der Waals surface area contributed by atoms with E-state index < -0.39 is 0 Å². The van der Waals surface area contributed by atoms with E-state index in [0.29, 0.717) is 18.7 Å². The zero-order valence-electron chi connectivity index (χ0n) is 12.7. The summed E-state index contributed by atoms with van der Waals surface area (Å²) < 4.78 is 14.8. The number of benzene rings is 2. The van der Waals surface area contributed by atoms with Crippen molar-refractivity contribution in [2.75, 3.05) is 0 Å². The summed E-state index contributed by atoms with van der Waals surface area (Å²) in [5.74, 6) is -0.277. The van der Waals surface area contributed by atoms with Crippen LogP contribution in [0.5, 0.6) is 0 Å². The Balaban J connectivity index is 1.93. The number of aryl methyl sites for hydroxylation is 1. The first-order valence-corrected chi connectivity index (χ1v) is 7.29. The lowest BCUT2D eigenvalue weighted by Crippen LogP contribution is -2.09. The molecule has 0 saturated heterocycles. The second-order valence-electron chi connectivity index (χ2n) is 5.38. The Morgan fingerprint density at radius 1 is 1.13 bits per heavy atom. The summed E-state index contributed by atoms with van der Waals surface area (Å²) in [6.07, 6.45) is 0.488. The third-order valence-corrected chi connectivity index (χ3v) is 3.81. The molecule has 0 aliphatic heterocycles. The molecule has 1 heterocycles. The summed E-state index contributed by atoms with van der Waals surface area (Å²) in [4.78, 5) is 0. The van der Waals surface area contributed by atoms with Crippen LogP contribution in [0.4, 0.5) is 4.39 Å². The molecule has 0 fully saturated rings. The van der Waals surface area contributed by atoms with Gasteiger partial charge in [-0.15, -0.1) is 5.10 Å². The van der Waals surface area contributed by atoms with Crippen LogP contribution in [0.25, 0.3) is 0 Å². The second kappa shape index (κ2) is 6.41. The minimum Gasteiger partial charge on any atom is -0.243 e. The Labute approximate surface area is 133 Å². The minimum absolute atomic E-state index is 0.277. The van der Waals surface area contributed by atoms with Crippen molar-refractivity contribution < 1.29 is 4.39 Å². The van der Waals surface area contributed by atoms with Crippen molar-refractivity contribution >= 4 is 0 Å². The molecular weight excluding hydrogens is 291 g/mol. The van der Waals surface area contributed by atoms with E-state index >= 15 is 0 Å². The number of hydrogen-bond acceptors (Lipinski definition) is 3. The second-order valence-corrected chi connectivity index (χ2v) is 5.38. The molecule has 0 radical (unpaired) electrons. The van der Waals surface area contributed by atoms with Gasteiger partial charge in [0.15, 0.2) is 5.69 Å². The predicted molar refractivity (Wildman–Crippen MR) is 84.2 cm³/mol. The maximum absolute atomic E-state index is 13.0. The van der Waals surface area contributed by atoms with Crippen LogP contribution in [0.15, 0.2) is 48.5 Å². The van der Waals surface area contributed by atoms with Crippen molar-refractivity contribution in [3.8, 4) is 6.07 Å². The van der Waals surface area contributed by atoms with Crippen LogP contribution in [-0.2, 0) is 13.0 Å². The fourth-order valence-corrected chi connectivity index (χ4v) is 2.47. The third-order valence-electron chi connectivity index (χ3n) is 3.81. The number of halogens is 1. The SMILES string of the molecule is Cc1ccccc1Cn1nnc(C#N)c1Cc1ccc(F)cc1.